The predicted octanol–water partition coefficient (Wildman–Crippen LogP) is 5.38. The normalized spacial score (nSPS) is 22.7. The number of hydrogen-bond donors (Lipinski definition) is 2. The van der Waals surface area contributed by atoms with E-state index in [9.17, 15) is 8.42 Å². The van der Waals surface area contributed by atoms with E-state index in [0.717, 1.165) is 68.8 Å². The number of sulfonamides is 1. The number of aromatic nitrogens is 1. The fraction of sp³-hybridized carbons (Fsp3) is 0.536. The summed E-state index contributed by atoms with van der Waals surface area (Å²) in [5.41, 5.74) is 7.17. The molecule has 0 amide bonds. The minimum Gasteiger partial charge on any atom is -0.375 e. The second kappa shape index (κ2) is 11.2. The highest BCUT2D eigenvalue weighted by atomic mass is 32.2. The quantitative estimate of drug-likeness (QED) is 0.391. The highest BCUT2D eigenvalue weighted by Crippen LogP contribution is 2.32. The van der Waals surface area contributed by atoms with Gasteiger partial charge >= 0.3 is 0 Å². The maximum Gasteiger partial charge on any atom is 0.240 e. The number of nitrogen functional groups attached to an aromatic ring is 1. The molecule has 2 aliphatic carbocycles. The molecule has 1 aromatic heterocycles. The third-order valence-electron chi connectivity index (χ3n) is 7.98. The second-order valence-corrected chi connectivity index (χ2v) is 13.3. The molecule has 5 rings (SSSR count). The van der Waals surface area contributed by atoms with Crippen LogP contribution in [-0.4, -0.2) is 43.5 Å². The van der Waals surface area contributed by atoms with E-state index in [1.54, 1.807) is 23.5 Å². The molecule has 1 heterocycles. The Balaban J connectivity index is 1.12. The van der Waals surface area contributed by atoms with Crippen molar-refractivity contribution in [1.29, 1.82) is 0 Å². The maximum absolute atomic E-state index is 13.0. The Labute approximate surface area is 219 Å². The lowest BCUT2D eigenvalue weighted by Gasteiger charge is -2.36. The van der Waals surface area contributed by atoms with Crippen molar-refractivity contribution in [1.82, 2.24) is 14.6 Å². The van der Waals surface area contributed by atoms with Crippen LogP contribution < -0.4 is 10.5 Å². The van der Waals surface area contributed by atoms with Gasteiger partial charge in [-0.2, -0.15) is 0 Å². The van der Waals surface area contributed by atoms with Crippen molar-refractivity contribution in [2.24, 2.45) is 5.92 Å². The lowest BCUT2D eigenvalue weighted by molar-refractivity contribution is 0.158. The van der Waals surface area contributed by atoms with Crippen LogP contribution in [0.3, 0.4) is 0 Å². The molecule has 2 aromatic carbocycles. The fourth-order valence-electron chi connectivity index (χ4n) is 5.99. The summed E-state index contributed by atoms with van der Waals surface area (Å²) in [6.45, 7) is 4.52. The summed E-state index contributed by atoms with van der Waals surface area (Å²) in [6, 6.07) is 13.9. The largest absolute Gasteiger partial charge is 0.375 e. The number of anilines is 1. The minimum absolute atomic E-state index is 0.0259. The Bertz CT molecular complexity index is 1280. The molecule has 3 aromatic rings. The number of rotatable bonds is 9. The van der Waals surface area contributed by atoms with Crippen LogP contribution in [-0.2, 0) is 22.9 Å². The van der Waals surface area contributed by atoms with Crippen LogP contribution in [0.15, 0.2) is 47.4 Å². The monoisotopic (exact) mass is 526 g/mol. The molecule has 0 saturated heterocycles. The highest BCUT2D eigenvalue weighted by molar-refractivity contribution is 7.89. The van der Waals surface area contributed by atoms with E-state index in [0.29, 0.717) is 22.0 Å². The van der Waals surface area contributed by atoms with Gasteiger partial charge in [0.05, 0.1) is 10.6 Å². The van der Waals surface area contributed by atoms with Crippen molar-refractivity contribution in [3.05, 3.63) is 53.0 Å². The Morgan fingerprint density at radius 3 is 2.61 bits per heavy atom. The average molecular weight is 527 g/mol. The van der Waals surface area contributed by atoms with Gasteiger partial charge in [-0.1, -0.05) is 37.3 Å². The fourth-order valence-corrected chi connectivity index (χ4v) is 8.28. The van der Waals surface area contributed by atoms with Gasteiger partial charge in [0, 0.05) is 17.0 Å². The van der Waals surface area contributed by atoms with Crippen LogP contribution in [0.4, 0.5) is 5.13 Å². The molecular weight excluding hydrogens is 488 g/mol. The van der Waals surface area contributed by atoms with Gasteiger partial charge in [0.15, 0.2) is 5.13 Å². The Kier molecular flexibility index (Phi) is 7.96. The molecule has 1 fully saturated rings. The minimum atomic E-state index is -3.51. The lowest BCUT2D eigenvalue weighted by Crippen LogP contribution is -2.41. The van der Waals surface area contributed by atoms with E-state index in [1.807, 2.05) is 30.3 Å². The molecule has 1 saturated carbocycles. The molecule has 194 valence electrons. The Morgan fingerprint density at radius 2 is 1.83 bits per heavy atom. The van der Waals surface area contributed by atoms with E-state index >= 15 is 0 Å². The summed E-state index contributed by atoms with van der Waals surface area (Å²) in [7, 11) is -3.51. The van der Waals surface area contributed by atoms with Gasteiger partial charge in [0.25, 0.3) is 0 Å². The molecule has 0 radical (unpaired) electrons. The number of thiazole rings is 1. The molecule has 8 heteroatoms. The molecule has 3 N–H and O–H groups in total. The third kappa shape index (κ3) is 5.93. The lowest BCUT2D eigenvalue weighted by atomic mass is 9.84. The summed E-state index contributed by atoms with van der Waals surface area (Å²) < 4.78 is 29.1. The molecule has 0 bridgehead atoms. The predicted molar refractivity (Wildman–Crippen MR) is 149 cm³/mol. The van der Waals surface area contributed by atoms with E-state index in [4.69, 9.17) is 5.73 Å². The van der Waals surface area contributed by atoms with Crippen molar-refractivity contribution in [3.63, 3.8) is 0 Å². The zero-order valence-corrected chi connectivity index (χ0v) is 22.8. The van der Waals surface area contributed by atoms with Gasteiger partial charge in [0.2, 0.25) is 10.0 Å². The number of nitrogens with two attached hydrogens (primary N) is 1. The molecule has 2 aliphatic rings. The summed E-state index contributed by atoms with van der Waals surface area (Å²) in [5, 5.41) is 2.71. The van der Waals surface area contributed by atoms with E-state index in [1.165, 1.54) is 23.4 Å². The number of hydrogen-bond acceptors (Lipinski definition) is 6. The van der Waals surface area contributed by atoms with Crippen LogP contribution in [0.25, 0.3) is 10.8 Å². The van der Waals surface area contributed by atoms with Crippen molar-refractivity contribution >= 4 is 37.3 Å². The number of nitrogens with zero attached hydrogens (tertiary/aromatic N) is 2. The van der Waals surface area contributed by atoms with E-state index in [2.05, 4.69) is 21.5 Å². The van der Waals surface area contributed by atoms with Crippen molar-refractivity contribution < 1.29 is 8.42 Å². The molecule has 0 aliphatic heterocycles. The molecule has 1 atom stereocenters. The molecule has 6 nitrogen and oxygen atoms in total. The van der Waals surface area contributed by atoms with Crippen molar-refractivity contribution in [2.45, 2.75) is 81.7 Å². The first-order valence-electron chi connectivity index (χ1n) is 13.4. The smallest absolute Gasteiger partial charge is 0.240 e. The molecule has 1 unspecified atom stereocenters. The van der Waals surface area contributed by atoms with E-state index < -0.39 is 10.0 Å². The number of nitrogens with one attached hydrogen (secondary N) is 1. The second-order valence-electron chi connectivity index (χ2n) is 10.5. The van der Waals surface area contributed by atoms with Gasteiger partial charge in [-0.25, -0.2) is 18.1 Å². The number of fused-ring (bicyclic) bond motifs is 2. The topological polar surface area (TPSA) is 88.3 Å². The first-order chi connectivity index (χ1) is 17.4. The first-order valence-corrected chi connectivity index (χ1v) is 15.7. The SMILES string of the molecule is CCCN(CCC1CCC(NS(=O)(=O)c2ccc3ccccc3c2)CC1)C1CCc2nc(N)sc2C1. The molecule has 36 heavy (non-hydrogen) atoms. The maximum atomic E-state index is 13.0. The van der Waals surface area contributed by atoms with Gasteiger partial charge in [-0.3, -0.25) is 0 Å². The summed E-state index contributed by atoms with van der Waals surface area (Å²) in [6.07, 6.45) is 9.64. The molecule has 0 spiro atoms. The molecular formula is C28H38N4O2S2. The zero-order valence-electron chi connectivity index (χ0n) is 21.2. The van der Waals surface area contributed by atoms with Crippen molar-refractivity contribution in [3.8, 4) is 0 Å². The summed E-state index contributed by atoms with van der Waals surface area (Å²) in [4.78, 5) is 8.93. The Morgan fingerprint density at radius 1 is 1.06 bits per heavy atom. The average Bonchev–Trinajstić information content (AvgIpc) is 3.26. The van der Waals surface area contributed by atoms with Gasteiger partial charge in [-0.15, -0.1) is 11.3 Å². The Hall–Kier alpha value is -2.00. The first kappa shape index (κ1) is 25.6. The highest BCUT2D eigenvalue weighted by Gasteiger charge is 2.29. The van der Waals surface area contributed by atoms with Crippen LogP contribution in [0.2, 0.25) is 0 Å². The van der Waals surface area contributed by atoms with Crippen LogP contribution >= 0.6 is 11.3 Å². The third-order valence-corrected chi connectivity index (χ3v) is 10.4. The van der Waals surface area contributed by atoms with E-state index in [-0.39, 0.29) is 6.04 Å². The van der Waals surface area contributed by atoms with Crippen LogP contribution in [0, 0.1) is 5.92 Å². The van der Waals surface area contributed by atoms with Crippen LogP contribution in [0.1, 0.15) is 62.4 Å². The van der Waals surface area contributed by atoms with Crippen LogP contribution in [0.5, 0.6) is 0 Å². The van der Waals surface area contributed by atoms with Crippen molar-refractivity contribution in [2.75, 3.05) is 18.8 Å². The van der Waals surface area contributed by atoms with Gasteiger partial charge < -0.3 is 10.6 Å². The summed E-state index contributed by atoms with van der Waals surface area (Å²) in [5.74, 6) is 0.670. The van der Waals surface area contributed by atoms with Gasteiger partial charge in [0.1, 0.15) is 0 Å². The number of benzene rings is 2. The summed E-state index contributed by atoms with van der Waals surface area (Å²) >= 11 is 1.66. The van der Waals surface area contributed by atoms with Gasteiger partial charge in [-0.05, 0) is 99.7 Å². The standard InChI is InChI=1S/C28H38N4O2S2/c1-2-16-32(24-12-14-26-27(19-24)35-28(29)30-26)17-15-20-7-10-23(11-8-20)31-36(33,34)25-13-9-21-5-3-4-6-22(21)18-25/h3-6,9,13,18,20,23-24,31H,2,7-8,10-12,14-17,19H2,1H3,(H2,29,30). The number of aryl methyl sites for hydroxylation is 1. The zero-order chi connectivity index (χ0) is 25.1.